The Hall–Kier alpha value is -3.59. The first-order valence-corrected chi connectivity index (χ1v) is 11.8. The zero-order valence-electron chi connectivity index (χ0n) is 17.9. The van der Waals surface area contributed by atoms with Gasteiger partial charge in [-0.25, -0.2) is 9.48 Å². The van der Waals surface area contributed by atoms with E-state index in [-0.39, 0.29) is 17.2 Å². The number of carboxylic acid groups (broad SMARTS) is 1. The molecule has 0 saturated carbocycles. The lowest BCUT2D eigenvalue weighted by atomic mass is 10.0. The highest BCUT2D eigenvalue weighted by molar-refractivity contribution is 8.01. The molecular weight excluding hydrogens is 486 g/mol. The van der Waals surface area contributed by atoms with Crippen molar-refractivity contribution in [2.24, 2.45) is 12.2 Å². The molecule has 0 radical (unpaired) electrons. The maximum atomic E-state index is 12.9. The Balaban J connectivity index is 1.50. The molecule has 1 fully saturated rings. The number of hydrogen-bond donors (Lipinski definition) is 3. The number of carbonyl (C=O) groups is 3. The molecule has 3 N–H and O–H groups in total. The van der Waals surface area contributed by atoms with Crippen LogP contribution in [0.2, 0.25) is 0 Å². The summed E-state index contributed by atoms with van der Waals surface area (Å²) >= 11 is 2.61. The third-order valence-electron chi connectivity index (χ3n) is 5.01. The third kappa shape index (κ3) is 4.43. The number of amides is 2. The van der Waals surface area contributed by atoms with E-state index in [0.29, 0.717) is 27.8 Å². The number of carboxylic acids is 1. The van der Waals surface area contributed by atoms with Gasteiger partial charge in [-0.05, 0) is 28.1 Å². The summed E-state index contributed by atoms with van der Waals surface area (Å²) in [6.07, 6.45) is 0. The second-order valence-electron chi connectivity index (χ2n) is 7.16. The summed E-state index contributed by atoms with van der Waals surface area (Å²) in [7, 11) is 2.94. The average Bonchev–Trinajstić information content (AvgIpc) is 3.23. The number of phenols is 1. The number of phenolic OH excluding ortho intramolecular Hbond substituents is 1. The zero-order valence-corrected chi connectivity index (χ0v) is 19.5. The fraction of sp³-hybridized carbons (Fsp3) is 0.316. The second-order valence-corrected chi connectivity index (χ2v) is 9.21. The summed E-state index contributed by atoms with van der Waals surface area (Å²) in [6, 6.07) is 4.93. The highest BCUT2D eigenvalue weighted by atomic mass is 32.2. The summed E-state index contributed by atoms with van der Waals surface area (Å²) < 4.78 is 1.47. The molecule has 2 aromatic rings. The van der Waals surface area contributed by atoms with Gasteiger partial charge in [0.1, 0.15) is 30.0 Å². The van der Waals surface area contributed by atoms with Crippen LogP contribution in [-0.2, 0) is 26.3 Å². The van der Waals surface area contributed by atoms with Gasteiger partial charge < -0.3 is 20.4 Å². The van der Waals surface area contributed by atoms with Crippen LogP contribution in [0.5, 0.6) is 5.75 Å². The fourth-order valence-electron chi connectivity index (χ4n) is 3.47. The van der Waals surface area contributed by atoms with Gasteiger partial charge in [0.15, 0.2) is 5.71 Å². The Morgan fingerprint density at radius 3 is 2.85 bits per heavy atom. The van der Waals surface area contributed by atoms with Gasteiger partial charge in [-0.15, -0.1) is 16.9 Å². The van der Waals surface area contributed by atoms with Gasteiger partial charge >= 0.3 is 5.97 Å². The van der Waals surface area contributed by atoms with Gasteiger partial charge in [0.2, 0.25) is 5.16 Å². The molecule has 13 nitrogen and oxygen atoms in total. The number of nitrogens with zero attached hydrogens (tertiary/aromatic N) is 6. The Kier molecular flexibility index (Phi) is 6.74. The molecule has 0 bridgehead atoms. The number of fused-ring (bicyclic) bond motifs is 1. The van der Waals surface area contributed by atoms with Gasteiger partial charge in [-0.1, -0.05) is 29.1 Å². The monoisotopic (exact) mass is 505 g/mol. The van der Waals surface area contributed by atoms with Gasteiger partial charge in [0.05, 0.1) is 0 Å². The molecule has 0 aliphatic carbocycles. The summed E-state index contributed by atoms with van der Waals surface area (Å²) in [5, 5.41) is 36.9. The highest BCUT2D eigenvalue weighted by Crippen LogP contribution is 2.41. The van der Waals surface area contributed by atoms with Gasteiger partial charge in [-0.2, -0.15) is 0 Å². The van der Waals surface area contributed by atoms with Crippen LogP contribution in [-0.4, -0.2) is 88.8 Å². The number of aliphatic carboxylic acids is 1. The predicted octanol–water partition coefficient (Wildman–Crippen LogP) is -0.203. The number of aromatic nitrogens is 4. The first kappa shape index (κ1) is 23.6. The number of nitrogens with one attached hydrogen (secondary N) is 1. The highest BCUT2D eigenvalue weighted by Gasteiger charge is 2.54. The molecule has 1 aromatic carbocycles. The number of oxime groups is 1. The SMILES string of the molecule is CON=C(C(=O)NC1C(=O)N2C(C(=O)O)=C(CSc3nnnn3C)CS[C@@H]12)c1cccc(O)c1. The van der Waals surface area contributed by atoms with Crippen molar-refractivity contribution in [3.63, 3.8) is 0 Å². The van der Waals surface area contributed by atoms with Crippen LogP contribution in [0.3, 0.4) is 0 Å². The van der Waals surface area contributed by atoms with E-state index in [4.69, 9.17) is 4.84 Å². The van der Waals surface area contributed by atoms with E-state index in [9.17, 15) is 24.6 Å². The molecule has 1 aromatic heterocycles. The van der Waals surface area contributed by atoms with Crippen LogP contribution in [0.25, 0.3) is 0 Å². The van der Waals surface area contributed by atoms with E-state index in [1.54, 1.807) is 13.1 Å². The van der Waals surface area contributed by atoms with Crippen molar-refractivity contribution in [3.05, 3.63) is 41.1 Å². The number of thioether (sulfide) groups is 2. The Labute approximate surface area is 201 Å². The number of hydrogen-bond acceptors (Lipinski definition) is 11. The number of carbonyl (C=O) groups excluding carboxylic acids is 2. The molecule has 2 aliphatic rings. The van der Waals surface area contributed by atoms with E-state index in [0.717, 1.165) is 0 Å². The molecule has 178 valence electrons. The number of tetrazole rings is 1. The Morgan fingerprint density at radius 1 is 1.41 bits per heavy atom. The Morgan fingerprint density at radius 2 is 2.21 bits per heavy atom. The third-order valence-corrected chi connectivity index (χ3v) is 7.45. The van der Waals surface area contributed by atoms with E-state index >= 15 is 0 Å². The zero-order chi connectivity index (χ0) is 24.4. The summed E-state index contributed by atoms with van der Waals surface area (Å²) in [5.41, 5.74) is 0.624. The molecule has 0 spiro atoms. The molecule has 2 amide bonds. The van der Waals surface area contributed by atoms with E-state index < -0.39 is 29.2 Å². The van der Waals surface area contributed by atoms with Crippen LogP contribution >= 0.6 is 23.5 Å². The maximum absolute atomic E-state index is 12.9. The quantitative estimate of drug-likeness (QED) is 0.188. The first-order valence-electron chi connectivity index (χ1n) is 9.78. The minimum atomic E-state index is -1.23. The lowest BCUT2D eigenvalue weighted by Gasteiger charge is -2.49. The largest absolute Gasteiger partial charge is 0.508 e. The summed E-state index contributed by atoms with van der Waals surface area (Å²) in [4.78, 5) is 43.7. The molecule has 3 heterocycles. The van der Waals surface area contributed by atoms with Crippen molar-refractivity contribution in [2.45, 2.75) is 16.6 Å². The normalized spacial score (nSPS) is 20.0. The maximum Gasteiger partial charge on any atom is 0.352 e. The molecule has 2 atom stereocenters. The topological polar surface area (TPSA) is 172 Å². The van der Waals surface area contributed by atoms with Gasteiger partial charge in [0.25, 0.3) is 11.8 Å². The van der Waals surface area contributed by atoms with Gasteiger partial charge in [-0.3, -0.25) is 14.5 Å². The minimum absolute atomic E-state index is 0.0680. The van der Waals surface area contributed by atoms with Crippen molar-refractivity contribution in [2.75, 3.05) is 18.6 Å². The smallest absolute Gasteiger partial charge is 0.352 e. The lowest BCUT2D eigenvalue weighted by Crippen LogP contribution is -2.71. The fourth-order valence-corrected chi connectivity index (χ4v) is 5.80. The standard InChI is InChI=1S/C19H19N7O6S2/c1-25-19(21-23-24-25)34-8-10-7-33-17-13(16(29)26(17)14(10)18(30)31)20-15(28)12(22-32-2)9-4-3-5-11(27)6-9/h3-6,13,17,27H,7-8H2,1-2H3,(H,20,28)(H,30,31)/t13?,17-/m0/s1. The van der Waals surface area contributed by atoms with Crippen LogP contribution in [0.4, 0.5) is 0 Å². The van der Waals surface area contributed by atoms with Crippen LogP contribution in [0.15, 0.2) is 45.8 Å². The van der Waals surface area contributed by atoms with Crippen molar-refractivity contribution in [1.29, 1.82) is 0 Å². The summed E-state index contributed by atoms with van der Waals surface area (Å²) in [6.45, 7) is 0. The van der Waals surface area contributed by atoms with Crippen LogP contribution < -0.4 is 5.32 Å². The molecule has 34 heavy (non-hydrogen) atoms. The van der Waals surface area contributed by atoms with Gasteiger partial charge in [0, 0.05) is 24.1 Å². The molecule has 1 saturated heterocycles. The van der Waals surface area contributed by atoms with E-state index in [2.05, 4.69) is 26.0 Å². The van der Waals surface area contributed by atoms with E-state index in [1.807, 2.05) is 0 Å². The predicted molar refractivity (Wildman–Crippen MR) is 121 cm³/mol. The lowest BCUT2D eigenvalue weighted by molar-refractivity contribution is -0.150. The molecular formula is C19H19N7O6S2. The van der Waals surface area contributed by atoms with Crippen LogP contribution in [0, 0.1) is 0 Å². The van der Waals surface area contributed by atoms with E-state index in [1.165, 1.54) is 58.4 Å². The van der Waals surface area contributed by atoms with Crippen molar-refractivity contribution in [1.82, 2.24) is 30.4 Å². The second kappa shape index (κ2) is 9.72. The summed E-state index contributed by atoms with van der Waals surface area (Å²) in [5.74, 6) is -1.88. The number of benzene rings is 1. The molecule has 4 rings (SSSR count). The molecule has 2 aliphatic heterocycles. The first-order chi connectivity index (χ1) is 16.3. The number of β-lactam (4-membered cyclic amide) rings is 1. The molecule has 1 unspecified atom stereocenters. The average molecular weight is 506 g/mol. The Bertz CT molecular complexity index is 1210. The van der Waals surface area contributed by atoms with Crippen LogP contribution in [0.1, 0.15) is 5.56 Å². The number of aryl methyl sites for hydroxylation is 1. The van der Waals surface area contributed by atoms with Crippen molar-refractivity contribution >= 4 is 47.0 Å². The molecule has 15 heteroatoms. The van der Waals surface area contributed by atoms with Crippen molar-refractivity contribution < 1.29 is 29.4 Å². The van der Waals surface area contributed by atoms with Crippen molar-refractivity contribution in [3.8, 4) is 5.75 Å². The number of rotatable bonds is 8. The minimum Gasteiger partial charge on any atom is -0.508 e. The number of aromatic hydroxyl groups is 1.